The molecule has 1 N–H and O–H groups in total. The minimum absolute atomic E-state index is 0.206. The van der Waals surface area contributed by atoms with Crippen molar-refractivity contribution in [3.63, 3.8) is 0 Å². The molecular formula is C10H8F6N4O2. The Hall–Kier alpha value is -2.11. The van der Waals surface area contributed by atoms with Gasteiger partial charge >= 0.3 is 12.4 Å². The highest BCUT2D eigenvalue weighted by molar-refractivity contribution is 5.80. The molecule has 1 aromatic rings. The van der Waals surface area contributed by atoms with Crippen LogP contribution in [0, 0.1) is 0 Å². The molecule has 0 radical (unpaired) electrons. The first-order chi connectivity index (χ1) is 9.95. The van der Waals surface area contributed by atoms with Crippen molar-refractivity contribution in [1.29, 1.82) is 0 Å². The predicted molar refractivity (Wildman–Crippen MR) is 58.2 cm³/mol. The first kappa shape index (κ1) is 16.3. The molecule has 0 aromatic carbocycles. The number of alkyl halides is 6. The average Bonchev–Trinajstić information content (AvgIpc) is 2.94. The van der Waals surface area contributed by atoms with Crippen molar-refractivity contribution in [3.05, 3.63) is 18.0 Å². The molecule has 1 amide bonds. The monoisotopic (exact) mass is 330 g/mol. The summed E-state index contributed by atoms with van der Waals surface area (Å²) in [5.74, 6) is -1.36. The summed E-state index contributed by atoms with van der Waals surface area (Å²) in [6, 6.07) is 0.566. The van der Waals surface area contributed by atoms with Gasteiger partial charge in [-0.25, -0.2) is 0 Å². The van der Waals surface area contributed by atoms with Gasteiger partial charge in [-0.2, -0.15) is 41.6 Å². The van der Waals surface area contributed by atoms with Crippen LogP contribution in [0.2, 0.25) is 0 Å². The lowest BCUT2D eigenvalue weighted by Crippen LogP contribution is -2.57. The molecular weight excluding hydrogens is 322 g/mol. The lowest BCUT2D eigenvalue weighted by molar-refractivity contribution is -0.302. The molecule has 6 nitrogen and oxygen atoms in total. The van der Waals surface area contributed by atoms with Gasteiger partial charge in [-0.15, -0.1) is 0 Å². The molecule has 1 unspecified atom stereocenters. The predicted octanol–water partition coefficient (Wildman–Crippen LogP) is 1.37. The van der Waals surface area contributed by atoms with Crippen molar-refractivity contribution in [2.45, 2.75) is 31.0 Å². The zero-order chi connectivity index (χ0) is 16.8. The highest BCUT2D eigenvalue weighted by Gasteiger charge is 2.61. The van der Waals surface area contributed by atoms with Crippen molar-refractivity contribution in [1.82, 2.24) is 14.8 Å². The molecule has 122 valence electrons. The molecule has 2 rings (SSSR count). The Morgan fingerprint density at radius 2 is 1.95 bits per heavy atom. The van der Waals surface area contributed by atoms with Gasteiger partial charge in [0.2, 0.25) is 0 Å². The number of amides is 1. The van der Waals surface area contributed by atoms with Gasteiger partial charge in [-0.1, -0.05) is 0 Å². The van der Waals surface area contributed by atoms with Crippen molar-refractivity contribution in [2.75, 3.05) is 0 Å². The summed E-state index contributed by atoms with van der Waals surface area (Å²) < 4.78 is 75.8. The Balaban J connectivity index is 2.16. The van der Waals surface area contributed by atoms with Crippen LogP contribution in [0.1, 0.15) is 12.1 Å². The summed E-state index contributed by atoms with van der Waals surface area (Å²) in [6.07, 6.45) is -9.40. The smallest absolute Gasteiger partial charge is 0.362 e. The van der Waals surface area contributed by atoms with E-state index in [1.807, 2.05) is 0 Å². The Morgan fingerprint density at radius 1 is 1.32 bits per heavy atom. The minimum Gasteiger partial charge on any atom is -0.362 e. The first-order valence-electron chi connectivity index (χ1n) is 5.70. The molecule has 0 fully saturated rings. The van der Waals surface area contributed by atoms with Crippen LogP contribution in [0.4, 0.5) is 26.3 Å². The zero-order valence-corrected chi connectivity index (χ0v) is 10.6. The summed E-state index contributed by atoms with van der Waals surface area (Å²) in [7, 11) is 0. The van der Waals surface area contributed by atoms with Crippen LogP contribution in [0.3, 0.4) is 0 Å². The molecule has 0 aliphatic carbocycles. The van der Waals surface area contributed by atoms with Gasteiger partial charge in [0, 0.05) is 18.8 Å². The molecule has 0 saturated heterocycles. The van der Waals surface area contributed by atoms with Crippen LogP contribution in [0.15, 0.2) is 17.4 Å². The minimum atomic E-state index is -5.17. The van der Waals surface area contributed by atoms with E-state index in [9.17, 15) is 36.2 Å². The molecule has 0 bridgehead atoms. The van der Waals surface area contributed by atoms with Gasteiger partial charge in [0.05, 0.1) is 0 Å². The lowest BCUT2D eigenvalue weighted by Gasteiger charge is -2.32. The normalized spacial score (nSPS) is 22.4. The Morgan fingerprint density at radius 3 is 2.45 bits per heavy atom. The van der Waals surface area contributed by atoms with E-state index in [0.29, 0.717) is 17.0 Å². The number of carbonyl (C=O) groups excluding carboxylic acids is 1. The maximum absolute atomic E-state index is 12.8. The van der Waals surface area contributed by atoms with Gasteiger partial charge in [0.25, 0.3) is 11.6 Å². The molecule has 0 saturated carbocycles. The molecule has 1 atom stereocenters. The first-order valence-corrected chi connectivity index (χ1v) is 5.70. The molecule has 1 aromatic heterocycles. The van der Waals surface area contributed by atoms with Crippen LogP contribution in [0.5, 0.6) is 0 Å². The number of hydrogen-bond acceptors (Lipinski definition) is 4. The SMILES string of the molecule is O=C(Cn1ccc(C(F)(F)F)n1)N1N=CCC1(O)C(F)(F)F. The van der Waals surface area contributed by atoms with Gasteiger partial charge in [-0.3, -0.25) is 9.48 Å². The number of halogens is 6. The fourth-order valence-corrected chi connectivity index (χ4v) is 1.74. The van der Waals surface area contributed by atoms with Crippen LogP contribution in [-0.2, 0) is 17.5 Å². The summed E-state index contributed by atoms with van der Waals surface area (Å²) in [5.41, 5.74) is -4.80. The third-order valence-corrected chi connectivity index (χ3v) is 2.84. The highest BCUT2D eigenvalue weighted by atomic mass is 19.4. The Bertz CT molecular complexity index is 607. The molecule has 0 spiro atoms. The number of hydrogen-bond donors (Lipinski definition) is 1. The summed E-state index contributed by atoms with van der Waals surface area (Å²) in [6.45, 7) is -0.939. The third kappa shape index (κ3) is 2.77. The Kier molecular flexibility index (Phi) is 3.67. The van der Waals surface area contributed by atoms with Crippen LogP contribution < -0.4 is 0 Å². The molecule has 1 aliphatic rings. The lowest BCUT2D eigenvalue weighted by atomic mass is 10.1. The standard InChI is InChI=1S/C10H8F6N4O2/c11-9(12,13)6-1-4-19(18-6)5-7(21)20-8(22,2-3-17-20)10(14,15)16/h1,3-4,22H,2,5H2. The number of aromatic nitrogens is 2. The second-order valence-electron chi connectivity index (χ2n) is 4.42. The van der Waals surface area contributed by atoms with Crippen LogP contribution in [-0.4, -0.2) is 43.9 Å². The second kappa shape index (κ2) is 4.97. The summed E-state index contributed by atoms with van der Waals surface area (Å²) in [4.78, 5) is 11.7. The number of rotatable bonds is 2. The van der Waals surface area contributed by atoms with Gasteiger partial charge < -0.3 is 5.11 Å². The topological polar surface area (TPSA) is 70.7 Å². The van der Waals surface area contributed by atoms with E-state index in [4.69, 9.17) is 0 Å². The number of carbonyl (C=O) groups is 1. The Labute approximate surface area is 118 Å². The van der Waals surface area contributed by atoms with E-state index in [2.05, 4.69) is 10.2 Å². The van der Waals surface area contributed by atoms with E-state index < -0.39 is 42.6 Å². The van der Waals surface area contributed by atoms with Crippen molar-refractivity contribution in [3.8, 4) is 0 Å². The zero-order valence-electron chi connectivity index (χ0n) is 10.6. The molecule has 2 heterocycles. The van der Waals surface area contributed by atoms with Crippen molar-refractivity contribution >= 4 is 12.1 Å². The summed E-state index contributed by atoms with van der Waals surface area (Å²) >= 11 is 0. The largest absolute Gasteiger partial charge is 0.438 e. The van der Waals surface area contributed by atoms with Crippen molar-refractivity contribution < 1.29 is 36.2 Å². The molecule has 12 heteroatoms. The van der Waals surface area contributed by atoms with E-state index in [1.54, 1.807) is 0 Å². The second-order valence-corrected chi connectivity index (χ2v) is 4.42. The van der Waals surface area contributed by atoms with E-state index in [0.717, 1.165) is 6.20 Å². The fraction of sp³-hybridized carbons (Fsp3) is 0.500. The van der Waals surface area contributed by atoms with Gasteiger partial charge in [0.15, 0.2) is 5.69 Å². The van der Waals surface area contributed by atoms with Gasteiger partial charge in [0.1, 0.15) is 6.54 Å². The van der Waals surface area contributed by atoms with E-state index in [-0.39, 0.29) is 5.01 Å². The quantitative estimate of drug-likeness (QED) is 0.833. The highest BCUT2D eigenvalue weighted by Crippen LogP contribution is 2.38. The maximum Gasteiger partial charge on any atom is 0.438 e. The fourth-order valence-electron chi connectivity index (χ4n) is 1.74. The average molecular weight is 330 g/mol. The number of aliphatic hydroxyl groups is 1. The molecule has 1 aliphatic heterocycles. The molecule has 22 heavy (non-hydrogen) atoms. The number of nitrogens with zero attached hydrogens (tertiary/aromatic N) is 4. The number of hydrazone groups is 1. The maximum atomic E-state index is 12.8. The van der Waals surface area contributed by atoms with Crippen LogP contribution in [0.25, 0.3) is 0 Å². The summed E-state index contributed by atoms with van der Waals surface area (Å²) in [5, 5.41) is 15.5. The van der Waals surface area contributed by atoms with E-state index >= 15 is 0 Å². The van der Waals surface area contributed by atoms with E-state index in [1.165, 1.54) is 0 Å². The van der Waals surface area contributed by atoms with Gasteiger partial charge in [-0.05, 0) is 6.07 Å². The van der Waals surface area contributed by atoms with Crippen molar-refractivity contribution in [2.24, 2.45) is 5.10 Å². The van der Waals surface area contributed by atoms with Crippen LogP contribution >= 0.6 is 0 Å². The third-order valence-electron chi connectivity index (χ3n) is 2.84.